The molecular formula is C16H14FN3O5S. The summed E-state index contributed by atoms with van der Waals surface area (Å²) in [6, 6.07) is 8.38. The zero-order valence-electron chi connectivity index (χ0n) is 13.3. The molecule has 3 rings (SSSR count). The van der Waals surface area contributed by atoms with E-state index in [9.17, 15) is 27.7 Å². The molecule has 1 fully saturated rings. The first kappa shape index (κ1) is 18.0. The van der Waals surface area contributed by atoms with Crippen molar-refractivity contribution in [3.63, 3.8) is 0 Å². The van der Waals surface area contributed by atoms with E-state index in [1.54, 1.807) is 0 Å². The maximum atomic E-state index is 13.2. The Hall–Kier alpha value is -2.85. The van der Waals surface area contributed by atoms with Crippen molar-refractivity contribution >= 4 is 21.6 Å². The summed E-state index contributed by atoms with van der Waals surface area (Å²) in [7, 11) is -4.18. The van der Waals surface area contributed by atoms with Gasteiger partial charge in [0.25, 0.3) is 5.69 Å². The highest BCUT2D eigenvalue weighted by atomic mass is 32.2. The summed E-state index contributed by atoms with van der Waals surface area (Å²) in [6.45, 7) is 0.0868. The van der Waals surface area contributed by atoms with Gasteiger partial charge in [0.2, 0.25) is 15.9 Å². The first-order chi connectivity index (χ1) is 12.3. The van der Waals surface area contributed by atoms with Gasteiger partial charge in [-0.15, -0.1) is 0 Å². The number of sulfonamides is 1. The number of piperazine rings is 1. The molecule has 0 bridgehead atoms. The molecule has 0 spiro atoms. The topological polar surface area (TPSA) is 110 Å². The first-order valence-electron chi connectivity index (χ1n) is 7.60. The minimum atomic E-state index is -4.18. The van der Waals surface area contributed by atoms with Gasteiger partial charge in [-0.05, 0) is 23.8 Å². The SMILES string of the molecule is O=C1NCCN(S(=O)(=O)c2cccc([N+](=O)[O-])c2)C1c1ccc(F)cc1. The van der Waals surface area contributed by atoms with Gasteiger partial charge < -0.3 is 5.32 Å². The van der Waals surface area contributed by atoms with Gasteiger partial charge in [-0.25, -0.2) is 12.8 Å². The Morgan fingerprint density at radius 1 is 1.19 bits per heavy atom. The molecule has 1 N–H and O–H groups in total. The van der Waals surface area contributed by atoms with Crippen LogP contribution in [0, 0.1) is 15.9 Å². The fourth-order valence-corrected chi connectivity index (χ4v) is 4.38. The maximum absolute atomic E-state index is 13.2. The molecule has 1 unspecified atom stereocenters. The number of hydrogen-bond acceptors (Lipinski definition) is 5. The predicted octanol–water partition coefficient (Wildman–Crippen LogP) is 1.60. The van der Waals surface area contributed by atoms with Crippen molar-refractivity contribution in [2.45, 2.75) is 10.9 Å². The number of amides is 1. The number of nitro benzene ring substituents is 1. The molecule has 8 nitrogen and oxygen atoms in total. The van der Waals surface area contributed by atoms with E-state index in [0.29, 0.717) is 5.56 Å². The van der Waals surface area contributed by atoms with Crippen molar-refractivity contribution in [2.24, 2.45) is 0 Å². The van der Waals surface area contributed by atoms with Crippen LogP contribution in [0.2, 0.25) is 0 Å². The third-order valence-electron chi connectivity index (χ3n) is 3.99. The molecule has 136 valence electrons. The number of halogens is 1. The molecule has 0 aromatic heterocycles. The number of rotatable bonds is 4. The molecule has 0 saturated carbocycles. The summed E-state index contributed by atoms with van der Waals surface area (Å²) in [5.41, 5.74) is -0.0662. The Bertz CT molecular complexity index is 962. The Morgan fingerprint density at radius 3 is 2.54 bits per heavy atom. The average Bonchev–Trinajstić information content (AvgIpc) is 2.62. The number of nitrogens with zero attached hydrogens (tertiary/aromatic N) is 2. The quantitative estimate of drug-likeness (QED) is 0.641. The van der Waals surface area contributed by atoms with Crippen molar-refractivity contribution in [3.8, 4) is 0 Å². The summed E-state index contributed by atoms with van der Waals surface area (Å²) in [4.78, 5) is 22.3. The molecule has 1 amide bonds. The van der Waals surface area contributed by atoms with E-state index < -0.39 is 32.7 Å². The Labute approximate surface area is 148 Å². The van der Waals surface area contributed by atoms with Crippen LogP contribution in [0.1, 0.15) is 11.6 Å². The highest BCUT2D eigenvalue weighted by Gasteiger charge is 2.39. The molecule has 1 aliphatic rings. The second-order valence-corrected chi connectivity index (χ2v) is 7.51. The lowest BCUT2D eigenvalue weighted by atomic mass is 10.0. The highest BCUT2D eigenvalue weighted by Crippen LogP contribution is 2.30. The van der Waals surface area contributed by atoms with E-state index in [1.807, 2.05) is 0 Å². The molecule has 26 heavy (non-hydrogen) atoms. The van der Waals surface area contributed by atoms with Crippen LogP contribution in [0.15, 0.2) is 53.4 Å². The third kappa shape index (κ3) is 3.28. The normalized spacial score (nSPS) is 18.3. The second kappa shape index (κ2) is 6.81. The summed E-state index contributed by atoms with van der Waals surface area (Å²) in [5, 5.41) is 13.5. The van der Waals surface area contributed by atoms with Crippen molar-refractivity contribution in [1.82, 2.24) is 9.62 Å². The standard InChI is InChI=1S/C16H14FN3O5S/c17-12-6-4-11(5-7-12)15-16(21)18-8-9-19(15)26(24,25)14-3-1-2-13(10-14)20(22)23/h1-7,10,15H,8-9H2,(H,18,21). The molecule has 1 saturated heterocycles. The number of carbonyl (C=O) groups excluding carboxylic acids is 1. The van der Waals surface area contributed by atoms with Crippen LogP contribution in [0.3, 0.4) is 0 Å². The van der Waals surface area contributed by atoms with Gasteiger partial charge in [0.15, 0.2) is 0 Å². The maximum Gasteiger partial charge on any atom is 0.270 e. The van der Waals surface area contributed by atoms with Crippen molar-refractivity contribution < 1.29 is 22.5 Å². The molecule has 0 aliphatic carbocycles. The van der Waals surface area contributed by atoms with E-state index >= 15 is 0 Å². The monoisotopic (exact) mass is 379 g/mol. The molecule has 0 radical (unpaired) electrons. The Balaban J connectivity index is 2.06. The lowest BCUT2D eigenvalue weighted by Crippen LogP contribution is -2.52. The van der Waals surface area contributed by atoms with Gasteiger partial charge in [0.05, 0.1) is 9.82 Å². The van der Waals surface area contributed by atoms with E-state index in [4.69, 9.17) is 0 Å². The van der Waals surface area contributed by atoms with E-state index in [-0.39, 0.29) is 23.7 Å². The fraction of sp³-hybridized carbons (Fsp3) is 0.188. The first-order valence-corrected chi connectivity index (χ1v) is 9.04. The number of nitro groups is 1. The van der Waals surface area contributed by atoms with Crippen molar-refractivity contribution in [2.75, 3.05) is 13.1 Å². The molecule has 1 atom stereocenters. The summed E-state index contributed by atoms with van der Waals surface area (Å²) < 4.78 is 40.2. The zero-order chi connectivity index (χ0) is 18.9. The molecule has 2 aromatic rings. The summed E-state index contributed by atoms with van der Waals surface area (Å²) in [6.07, 6.45) is 0. The van der Waals surface area contributed by atoms with Crippen LogP contribution < -0.4 is 5.32 Å². The number of non-ortho nitro benzene ring substituents is 1. The zero-order valence-corrected chi connectivity index (χ0v) is 14.1. The number of benzene rings is 2. The van der Waals surface area contributed by atoms with E-state index in [1.165, 1.54) is 30.3 Å². The summed E-state index contributed by atoms with van der Waals surface area (Å²) in [5.74, 6) is -1.06. The predicted molar refractivity (Wildman–Crippen MR) is 89.1 cm³/mol. The minimum absolute atomic E-state index is 0.0151. The lowest BCUT2D eigenvalue weighted by Gasteiger charge is -2.34. The van der Waals surface area contributed by atoms with Gasteiger partial charge in [0.1, 0.15) is 11.9 Å². The van der Waals surface area contributed by atoms with Gasteiger partial charge in [-0.1, -0.05) is 18.2 Å². The van der Waals surface area contributed by atoms with Gasteiger partial charge >= 0.3 is 0 Å². The van der Waals surface area contributed by atoms with Gasteiger partial charge in [0, 0.05) is 25.2 Å². The van der Waals surface area contributed by atoms with Crippen LogP contribution in [0.5, 0.6) is 0 Å². The smallest absolute Gasteiger partial charge is 0.270 e. The van der Waals surface area contributed by atoms with Crippen LogP contribution in [0.25, 0.3) is 0 Å². The van der Waals surface area contributed by atoms with Crippen LogP contribution in [-0.4, -0.2) is 36.6 Å². The Morgan fingerprint density at radius 2 is 1.88 bits per heavy atom. The average molecular weight is 379 g/mol. The highest BCUT2D eigenvalue weighted by molar-refractivity contribution is 7.89. The largest absolute Gasteiger partial charge is 0.353 e. The number of nitrogens with one attached hydrogen (secondary N) is 1. The minimum Gasteiger partial charge on any atom is -0.353 e. The van der Waals surface area contributed by atoms with Crippen molar-refractivity contribution in [3.05, 3.63) is 70.0 Å². The van der Waals surface area contributed by atoms with Crippen molar-refractivity contribution in [1.29, 1.82) is 0 Å². The Kier molecular flexibility index (Phi) is 4.70. The van der Waals surface area contributed by atoms with Crippen LogP contribution in [-0.2, 0) is 14.8 Å². The molecule has 1 heterocycles. The molecule has 10 heteroatoms. The fourth-order valence-electron chi connectivity index (χ4n) is 2.76. The molecule has 2 aromatic carbocycles. The van der Waals surface area contributed by atoms with E-state index in [0.717, 1.165) is 22.5 Å². The number of hydrogen-bond donors (Lipinski definition) is 1. The van der Waals surface area contributed by atoms with Crippen LogP contribution in [0.4, 0.5) is 10.1 Å². The summed E-state index contributed by atoms with van der Waals surface area (Å²) >= 11 is 0. The van der Waals surface area contributed by atoms with E-state index in [2.05, 4.69) is 5.32 Å². The second-order valence-electron chi connectivity index (χ2n) is 5.62. The number of carbonyl (C=O) groups is 1. The van der Waals surface area contributed by atoms with Gasteiger partial charge in [-0.3, -0.25) is 14.9 Å². The molecule has 1 aliphatic heterocycles. The third-order valence-corrected chi connectivity index (χ3v) is 5.85. The lowest BCUT2D eigenvalue weighted by molar-refractivity contribution is -0.385. The van der Waals surface area contributed by atoms with Gasteiger partial charge in [-0.2, -0.15) is 4.31 Å². The molecular weight excluding hydrogens is 365 g/mol. The van der Waals surface area contributed by atoms with Crippen LogP contribution >= 0.6 is 0 Å².